The minimum atomic E-state index is -3.87. The Bertz CT molecular complexity index is 1040. The highest BCUT2D eigenvalue weighted by atomic mass is 32.2. The number of nitrogens with zero attached hydrogens (tertiary/aromatic N) is 2. The molecule has 0 aliphatic rings. The summed E-state index contributed by atoms with van der Waals surface area (Å²) in [5.74, 6) is -0.292. The normalized spacial score (nSPS) is 12.6. The Hall–Kier alpha value is -2.52. The summed E-state index contributed by atoms with van der Waals surface area (Å²) < 4.78 is 31.3. The molecule has 0 saturated heterocycles. The van der Waals surface area contributed by atoms with Gasteiger partial charge in [-0.3, -0.25) is 4.79 Å². The third kappa shape index (κ3) is 4.85. The van der Waals surface area contributed by atoms with Gasteiger partial charge < -0.3 is 9.84 Å². The second-order valence-electron chi connectivity index (χ2n) is 6.39. The van der Waals surface area contributed by atoms with Crippen molar-refractivity contribution in [2.75, 3.05) is 5.32 Å². The van der Waals surface area contributed by atoms with Gasteiger partial charge in [-0.2, -0.15) is 0 Å². The van der Waals surface area contributed by atoms with Crippen LogP contribution in [0.3, 0.4) is 0 Å². The Kier molecular flexibility index (Phi) is 6.25. The molecule has 0 aliphatic carbocycles. The van der Waals surface area contributed by atoms with E-state index < -0.39 is 21.0 Å². The molecule has 1 aromatic carbocycles. The smallest absolute Gasteiger partial charge is 0.248 e. The summed E-state index contributed by atoms with van der Waals surface area (Å²) in [6.45, 7) is 3.73. The van der Waals surface area contributed by atoms with Crippen molar-refractivity contribution in [1.82, 2.24) is 10.1 Å². The van der Waals surface area contributed by atoms with Crippen molar-refractivity contribution in [3.05, 3.63) is 63.8 Å². The predicted octanol–water partition coefficient (Wildman–Crippen LogP) is 3.69. The van der Waals surface area contributed by atoms with E-state index in [0.29, 0.717) is 17.0 Å². The maximum atomic E-state index is 13.2. The van der Waals surface area contributed by atoms with E-state index in [4.69, 9.17) is 4.52 Å². The molecular weight excluding hydrogens is 398 g/mol. The Morgan fingerprint density at radius 2 is 2.04 bits per heavy atom. The number of thiazole rings is 1. The van der Waals surface area contributed by atoms with E-state index in [1.54, 1.807) is 42.6 Å². The molecule has 148 valence electrons. The summed E-state index contributed by atoms with van der Waals surface area (Å²) in [4.78, 5) is 17.3. The zero-order chi connectivity index (χ0) is 20.1. The molecule has 3 aromatic rings. The van der Waals surface area contributed by atoms with Crippen LogP contribution in [0.4, 0.5) is 5.82 Å². The Labute approximate surface area is 167 Å². The topological polar surface area (TPSA) is 102 Å². The van der Waals surface area contributed by atoms with Crippen molar-refractivity contribution in [3.63, 3.8) is 0 Å². The average molecular weight is 420 g/mol. The first-order valence-corrected chi connectivity index (χ1v) is 11.4. The van der Waals surface area contributed by atoms with Crippen molar-refractivity contribution in [2.45, 2.75) is 37.7 Å². The first-order chi connectivity index (χ1) is 13.4. The van der Waals surface area contributed by atoms with Gasteiger partial charge in [-0.1, -0.05) is 42.4 Å². The molecule has 2 heterocycles. The number of amides is 1. The molecule has 7 nitrogen and oxygen atoms in total. The van der Waals surface area contributed by atoms with Crippen molar-refractivity contribution in [1.29, 1.82) is 0 Å². The minimum Gasteiger partial charge on any atom is -0.360 e. The summed E-state index contributed by atoms with van der Waals surface area (Å²) in [7, 11) is -3.87. The van der Waals surface area contributed by atoms with Gasteiger partial charge >= 0.3 is 0 Å². The third-order valence-electron chi connectivity index (χ3n) is 3.99. The zero-order valence-corrected chi connectivity index (χ0v) is 17.2. The van der Waals surface area contributed by atoms with Gasteiger partial charge in [0, 0.05) is 11.4 Å². The van der Waals surface area contributed by atoms with Gasteiger partial charge in [-0.25, -0.2) is 13.4 Å². The molecule has 0 aliphatic heterocycles. The van der Waals surface area contributed by atoms with Crippen molar-refractivity contribution in [2.24, 2.45) is 0 Å². The highest BCUT2D eigenvalue weighted by molar-refractivity contribution is 7.91. The molecule has 1 atom stereocenters. The lowest BCUT2D eigenvalue weighted by molar-refractivity contribution is -0.116. The zero-order valence-electron chi connectivity index (χ0n) is 15.6. The lowest BCUT2D eigenvalue weighted by Crippen LogP contribution is -2.29. The number of aromatic nitrogens is 2. The van der Waals surface area contributed by atoms with Crippen molar-refractivity contribution in [3.8, 4) is 0 Å². The van der Waals surface area contributed by atoms with Gasteiger partial charge in [0.1, 0.15) is 5.76 Å². The fourth-order valence-electron chi connectivity index (χ4n) is 2.80. The summed E-state index contributed by atoms with van der Waals surface area (Å²) >= 11 is 1.44. The fraction of sp³-hybridized carbons (Fsp3) is 0.316. The summed E-state index contributed by atoms with van der Waals surface area (Å²) in [5.41, 5.74) is 0.851. The highest BCUT2D eigenvalue weighted by Gasteiger charge is 2.35. The molecule has 2 aromatic heterocycles. The molecule has 0 spiro atoms. The largest absolute Gasteiger partial charge is 0.360 e. The lowest BCUT2D eigenvalue weighted by Gasteiger charge is -2.16. The second-order valence-corrected chi connectivity index (χ2v) is 9.42. The number of carbonyl (C=O) groups excluding carboxylic acids is 1. The first kappa shape index (κ1) is 20.2. The van der Waals surface area contributed by atoms with E-state index >= 15 is 0 Å². The summed E-state index contributed by atoms with van der Waals surface area (Å²) in [6.07, 6.45) is 1.74. The van der Waals surface area contributed by atoms with Crippen LogP contribution in [0.25, 0.3) is 0 Å². The second kappa shape index (κ2) is 8.66. The van der Waals surface area contributed by atoms with Gasteiger partial charge in [0.05, 0.1) is 16.5 Å². The molecule has 0 bridgehead atoms. The number of hydrogen-bond acceptors (Lipinski definition) is 7. The number of benzene rings is 1. The van der Waals surface area contributed by atoms with Crippen LogP contribution < -0.4 is 5.32 Å². The van der Waals surface area contributed by atoms with E-state index in [2.05, 4.69) is 15.5 Å². The SMILES string of the molecule is CCCc1nc(CS(=O)(=O)[C@H](C(=O)Nc2cc(C)on2)c2ccccc2)cs1. The van der Waals surface area contributed by atoms with E-state index in [9.17, 15) is 13.2 Å². The number of rotatable bonds is 8. The van der Waals surface area contributed by atoms with E-state index in [1.807, 2.05) is 6.92 Å². The molecule has 0 unspecified atom stereocenters. The average Bonchev–Trinajstić information content (AvgIpc) is 3.24. The van der Waals surface area contributed by atoms with Crippen LogP contribution in [0.2, 0.25) is 0 Å². The van der Waals surface area contributed by atoms with E-state index in [0.717, 1.165) is 17.8 Å². The Morgan fingerprint density at radius 3 is 2.68 bits per heavy atom. The maximum Gasteiger partial charge on any atom is 0.248 e. The number of hydrogen-bond donors (Lipinski definition) is 1. The number of aryl methyl sites for hydroxylation is 2. The fourth-order valence-corrected chi connectivity index (χ4v) is 5.49. The summed E-state index contributed by atoms with van der Waals surface area (Å²) in [5, 5.41) is 7.51. The first-order valence-electron chi connectivity index (χ1n) is 8.83. The number of anilines is 1. The monoisotopic (exact) mass is 419 g/mol. The third-order valence-corrected chi connectivity index (χ3v) is 6.85. The Morgan fingerprint density at radius 1 is 1.29 bits per heavy atom. The molecule has 3 rings (SSSR count). The van der Waals surface area contributed by atoms with Crippen LogP contribution in [0.5, 0.6) is 0 Å². The predicted molar refractivity (Wildman–Crippen MR) is 108 cm³/mol. The van der Waals surface area contributed by atoms with Crippen molar-refractivity contribution < 1.29 is 17.7 Å². The van der Waals surface area contributed by atoms with Crippen LogP contribution in [0.15, 0.2) is 46.3 Å². The summed E-state index contributed by atoms with van der Waals surface area (Å²) in [6, 6.07) is 9.95. The molecule has 1 amide bonds. The molecule has 9 heteroatoms. The maximum absolute atomic E-state index is 13.2. The lowest BCUT2D eigenvalue weighted by atomic mass is 10.1. The molecule has 0 radical (unpaired) electrons. The van der Waals surface area contributed by atoms with Crippen molar-refractivity contribution >= 4 is 32.9 Å². The van der Waals surface area contributed by atoms with Crippen LogP contribution in [0, 0.1) is 6.92 Å². The van der Waals surface area contributed by atoms with Crippen LogP contribution >= 0.6 is 11.3 Å². The van der Waals surface area contributed by atoms with Crippen LogP contribution in [-0.4, -0.2) is 24.5 Å². The van der Waals surface area contributed by atoms with Gasteiger partial charge in [0.15, 0.2) is 20.9 Å². The number of nitrogens with one attached hydrogen (secondary N) is 1. The van der Waals surface area contributed by atoms with Crippen LogP contribution in [-0.2, 0) is 26.8 Å². The molecule has 28 heavy (non-hydrogen) atoms. The standard InChI is InChI=1S/C19H21N3O4S2/c1-3-7-17-20-15(11-27-17)12-28(24,25)18(14-8-5-4-6-9-14)19(23)21-16-10-13(2)26-22-16/h4-6,8-11,18H,3,7,12H2,1-2H3,(H,21,22,23)/t18-/m0/s1. The Balaban J connectivity index is 1.89. The van der Waals surface area contributed by atoms with E-state index in [-0.39, 0.29) is 11.6 Å². The van der Waals surface area contributed by atoms with Gasteiger partial charge in [0.25, 0.3) is 0 Å². The molecule has 0 saturated carbocycles. The quantitative estimate of drug-likeness (QED) is 0.597. The molecule has 1 N–H and O–H groups in total. The van der Waals surface area contributed by atoms with Gasteiger partial charge in [0.2, 0.25) is 5.91 Å². The number of sulfone groups is 1. The van der Waals surface area contributed by atoms with Crippen LogP contribution in [0.1, 0.15) is 40.6 Å². The number of carbonyl (C=O) groups is 1. The molecular formula is C19H21N3O4S2. The molecule has 0 fully saturated rings. The van der Waals surface area contributed by atoms with Gasteiger partial charge in [-0.15, -0.1) is 11.3 Å². The van der Waals surface area contributed by atoms with Gasteiger partial charge in [-0.05, 0) is 25.3 Å². The van der Waals surface area contributed by atoms with E-state index in [1.165, 1.54) is 17.4 Å². The highest BCUT2D eigenvalue weighted by Crippen LogP contribution is 2.28. The minimum absolute atomic E-state index is 0.178.